The van der Waals surface area contributed by atoms with Crippen molar-refractivity contribution in [3.05, 3.63) is 65.7 Å². The molecule has 1 heterocycles. The molecule has 30 heavy (non-hydrogen) atoms. The molecule has 0 saturated carbocycles. The van der Waals surface area contributed by atoms with E-state index in [1.165, 1.54) is 5.57 Å². The molecule has 0 radical (unpaired) electrons. The summed E-state index contributed by atoms with van der Waals surface area (Å²) in [5.41, 5.74) is 4.02. The highest BCUT2D eigenvalue weighted by Crippen LogP contribution is 2.21. The Balaban J connectivity index is 1.50. The van der Waals surface area contributed by atoms with Crippen molar-refractivity contribution in [3.63, 3.8) is 0 Å². The fourth-order valence-electron chi connectivity index (χ4n) is 3.20. The Bertz CT molecular complexity index is 968. The number of carbonyl (C=O) groups is 1. The number of allylic oxidation sites excluding steroid dienone is 2. The molecule has 1 atom stereocenters. The highest BCUT2D eigenvalue weighted by atomic mass is 16.5. The van der Waals surface area contributed by atoms with Crippen LogP contribution in [0.5, 0.6) is 5.75 Å². The van der Waals surface area contributed by atoms with Crippen LogP contribution in [0.15, 0.2) is 64.6 Å². The lowest BCUT2D eigenvalue weighted by Gasteiger charge is -2.15. The van der Waals surface area contributed by atoms with E-state index in [0.29, 0.717) is 19.2 Å². The number of Topliss-reactive ketones (excluding diaryl/α,β-unsaturated/α-hetero) is 1. The summed E-state index contributed by atoms with van der Waals surface area (Å²) in [7, 11) is 1.94. The number of para-hydroxylation sites is 2. The van der Waals surface area contributed by atoms with Gasteiger partial charge < -0.3 is 14.1 Å². The number of ether oxygens (including phenoxy) is 1. The highest BCUT2D eigenvalue weighted by Gasteiger charge is 2.14. The van der Waals surface area contributed by atoms with Crippen LogP contribution in [0, 0.1) is 5.92 Å². The molecule has 0 bridgehead atoms. The zero-order valence-corrected chi connectivity index (χ0v) is 18.2. The molecule has 0 N–H and O–H groups in total. The predicted molar refractivity (Wildman–Crippen MR) is 121 cm³/mol. The summed E-state index contributed by atoms with van der Waals surface area (Å²) in [5.74, 6) is 1.07. The number of benzene rings is 2. The van der Waals surface area contributed by atoms with Gasteiger partial charge in [0.2, 0.25) is 0 Å². The molecular weight excluding hydrogens is 376 g/mol. The fourth-order valence-corrected chi connectivity index (χ4v) is 3.20. The molecule has 0 fully saturated rings. The minimum atomic E-state index is 0.0247. The van der Waals surface area contributed by atoms with Crippen LogP contribution < -0.4 is 9.64 Å². The van der Waals surface area contributed by atoms with Gasteiger partial charge in [0.05, 0.1) is 6.54 Å². The number of likely N-dealkylation sites (N-methyl/N-ethyl adjacent to an activating group) is 1. The average molecular weight is 407 g/mol. The molecule has 3 aromatic rings. The smallest absolute Gasteiger partial charge is 0.298 e. The lowest BCUT2D eigenvalue weighted by molar-refractivity contribution is -0.120. The van der Waals surface area contributed by atoms with Crippen molar-refractivity contribution in [1.29, 1.82) is 0 Å². The number of hydrogen-bond donors (Lipinski definition) is 0. The van der Waals surface area contributed by atoms with E-state index in [0.717, 1.165) is 35.3 Å². The lowest BCUT2D eigenvalue weighted by Crippen LogP contribution is -2.23. The van der Waals surface area contributed by atoms with E-state index in [1.54, 1.807) is 6.92 Å². The molecule has 3 rings (SSSR count). The quantitative estimate of drug-likeness (QED) is 0.419. The maximum Gasteiger partial charge on any atom is 0.298 e. The second kappa shape index (κ2) is 10.1. The van der Waals surface area contributed by atoms with Crippen LogP contribution in [0.2, 0.25) is 0 Å². The monoisotopic (exact) mass is 406 g/mol. The van der Waals surface area contributed by atoms with Gasteiger partial charge in [-0.25, -0.2) is 0 Å². The molecule has 0 aliphatic rings. The van der Waals surface area contributed by atoms with Crippen LogP contribution in [0.4, 0.5) is 6.01 Å². The molecule has 0 aliphatic carbocycles. The Labute approximate surface area is 178 Å². The number of rotatable bonds is 10. The Morgan fingerprint density at radius 3 is 2.53 bits per heavy atom. The van der Waals surface area contributed by atoms with Crippen LogP contribution in [-0.4, -0.2) is 31.0 Å². The van der Waals surface area contributed by atoms with E-state index < -0.39 is 0 Å². The Morgan fingerprint density at radius 1 is 1.13 bits per heavy atom. The maximum absolute atomic E-state index is 11.9. The molecule has 5 heteroatoms. The third-order valence-electron chi connectivity index (χ3n) is 5.10. The summed E-state index contributed by atoms with van der Waals surface area (Å²) in [4.78, 5) is 18.4. The number of fused-ring (bicyclic) bond motifs is 1. The van der Waals surface area contributed by atoms with Crippen molar-refractivity contribution in [3.8, 4) is 5.75 Å². The van der Waals surface area contributed by atoms with E-state index in [9.17, 15) is 4.79 Å². The molecule has 158 valence electrons. The molecular formula is C25H30N2O3. The van der Waals surface area contributed by atoms with Crippen molar-refractivity contribution >= 4 is 22.9 Å². The molecule has 1 aromatic heterocycles. The third-order valence-corrected chi connectivity index (χ3v) is 5.10. The summed E-state index contributed by atoms with van der Waals surface area (Å²) < 4.78 is 11.6. The Morgan fingerprint density at radius 2 is 1.87 bits per heavy atom. The number of nitrogens with zero attached hydrogens (tertiary/aromatic N) is 2. The Hall–Kier alpha value is -3.08. The van der Waals surface area contributed by atoms with E-state index in [1.807, 2.05) is 60.5 Å². The largest absolute Gasteiger partial charge is 0.492 e. The summed E-state index contributed by atoms with van der Waals surface area (Å²) in [6.45, 7) is 6.97. The standard InChI is InChI=1S/C25H30N2O3/c1-18(2)9-12-21(19(3)28)17-20-10-13-22(14-11-20)29-16-15-27(4)25-26-23-7-5-6-8-24(23)30-25/h5-11,13-14,21H,12,15-17H2,1-4H3. The first-order valence-corrected chi connectivity index (χ1v) is 10.3. The van der Waals surface area contributed by atoms with Gasteiger partial charge >= 0.3 is 0 Å². The van der Waals surface area contributed by atoms with Gasteiger partial charge in [0, 0.05) is 13.0 Å². The van der Waals surface area contributed by atoms with E-state index in [-0.39, 0.29) is 11.7 Å². The summed E-state index contributed by atoms with van der Waals surface area (Å²) in [6, 6.07) is 16.3. The SMILES string of the molecule is CC(=O)C(CC=C(C)C)Cc1ccc(OCCN(C)c2nc3ccccc3o2)cc1. The van der Waals surface area contributed by atoms with Gasteiger partial charge in [-0.3, -0.25) is 4.79 Å². The first kappa shape index (κ1) is 21.6. The van der Waals surface area contributed by atoms with Gasteiger partial charge in [0.25, 0.3) is 6.01 Å². The second-order valence-corrected chi connectivity index (χ2v) is 7.91. The normalized spacial score (nSPS) is 11.9. The topological polar surface area (TPSA) is 55.6 Å². The molecule has 1 unspecified atom stereocenters. The highest BCUT2D eigenvalue weighted by molar-refractivity contribution is 5.78. The molecule has 0 amide bonds. The van der Waals surface area contributed by atoms with Gasteiger partial charge in [-0.1, -0.05) is 35.9 Å². The number of carbonyl (C=O) groups excluding carboxylic acids is 1. The molecule has 2 aromatic carbocycles. The number of hydrogen-bond acceptors (Lipinski definition) is 5. The number of anilines is 1. The number of aromatic nitrogens is 1. The minimum absolute atomic E-state index is 0.0247. The van der Waals surface area contributed by atoms with Gasteiger partial charge in [-0.15, -0.1) is 0 Å². The first-order chi connectivity index (χ1) is 14.4. The van der Waals surface area contributed by atoms with Crippen molar-refractivity contribution in [2.75, 3.05) is 25.1 Å². The van der Waals surface area contributed by atoms with E-state index >= 15 is 0 Å². The van der Waals surface area contributed by atoms with E-state index in [4.69, 9.17) is 9.15 Å². The average Bonchev–Trinajstić information content (AvgIpc) is 3.16. The van der Waals surface area contributed by atoms with Crippen LogP contribution in [0.1, 0.15) is 32.8 Å². The van der Waals surface area contributed by atoms with Gasteiger partial charge in [-0.05, 0) is 63.4 Å². The van der Waals surface area contributed by atoms with Crippen LogP contribution in [0.25, 0.3) is 11.1 Å². The number of oxazole rings is 1. The fraction of sp³-hybridized carbons (Fsp3) is 0.360. The van der Waals surface area contributed by atoms with Crippen molar-refractivity contribution < 1.29 is 13.9 Å². The van der Waals surface area contributed by atoms with Gasteiger partial charge in [0.15, 0.2) is 5.58 Å². The zero-order valence-electron chi connectivity index (χ0n) is 18.2. The summed E-state index contributed by atoms with van der Waals surface area (Å²) in [5, 5.41) is 0. The van der Waals surface area contributed by atoms with Crippen molar-refractivity contribution in [2.45, 2.75) is 33.6 Å². The van der Waals surface area contributed by atoms with Gasteiger partial charge in [-0.2, -0.15) is 4.98 Å². The van der Waals surface area contributed by atoms with Crippen LogP contribution >= 0.6 is 0 Å². The van der Waals surface area contributed by atoms with Crippen LogP contribution in [-0.2, 0) is 11.2 Å². The van der Waals surface area contributed by atoms with Crippen LogP contribution in [0.3, 0.4) is 0 Å². The summed E-state index contributed by atoms with van der Waals surface area (Å²) in [6.07, 6.45) is 3.68. The van der Waals surface area contributed by atoms with Gasteiger partial charge in [0.1, 0.15) is 23.7 Å². The third kappa shape index (κ3) is 5.96. The molecule has 5 nitrogen and oxygen atoms in total. The first-order valence-electron chi connectivity index (χ1n) is 10.3. The van der Waals surface area contributed by atoms with Crippen molar-refractivity contribution in [1.82, 2.24) is 4.98 Å². The zero-order chi connectivity index (χ0) is 21.5. The lowest BCUT2D eigenvalue weighted by atomic mass is 9.92. The maximum atomic E-state index is 11.9. The summed E-state index contributed by atoms with van der Waals surface area (Å²) >= 11 is 0. The molecule has 0 spiro atoms. The molecule has 0 saturated heterocycles. The number of ketones is 1. The second-order valence-electron chi connectivity index (χ2n) is 7.91. The minimum Gasteiger partial charge on any atom is -0.492 e. The van der Waals surface area contributed by atoms with E-state index in [2.05, 4.69) is 24.9 Å². The van der Waals surface area contributed by atoms with Crippen molar-refractivity contribution in [2.24, 2.45) is 5.92 Å². The Kier molecular flexibility index (Phi) is 7.28. The predicted octanol–water partition coefficient (Wildman–Crippen LogP) is 5.45. The molecule has 0 aliphatic heterocycles.